The molecule has 11 heavy (non-hydrogen) atoms. The highest BCUT2D eigenvalue weighted by Crippen LogP contribution is 2.15. The van der Waals surface area contributed by atoms with Crippen molar-refractivity contribution in [2.45, 2.75) is 12.1 Å². The van der Waals surface area contributed by atoms with E-state index >= 15 is 0 Å². The Kier molecular flexibility index (Phi) is 3.97. The number of nitrogens with one attached hydrogen (secondary N) is 1. The fraction of sp³-hybridized carbons (Fsp3) is 0.750. The summed E-state index contributed by atoms with van der Waals surface area (Å²) in [6, 6.07) is 0.308. The van der Waals surface area contributed by atoms with Crippen LogP contribution in [0.3, 0.4) is 0 Å². The van der Waals surface area contributed by atoms with E-state index in [0.717, 1.165) is 18.1 Å². The molecule has 0 bridgehead atoms. The number of hydrogen-bond acceptors (Lipinski definition) is 3. The third-order valence-electron chi connectivity index (χ3n) is 1.83. The molecular formula is C8H15NOS. The summed E-state index contributed by atoms with van der Waals surface area (Å²) >= 11 is 1.95. The van der Waals surface area contributed by atoms with Crippen LogP contribution in [0.15, 0.2) is 12.7 Å². The van der Waals surface area contributed by atoms with Crippen LogP contribution in [0.1, 0.15) is 0 Å². The molecule has 0 saturated carbocycles. The van der Waals surface area contributed by atoms with Crippen molar-refractivity contribution in [3.05, 3.63) is 12.7 Å². The Bertz CT molecular complexity index is 123. The van der Waals surface area contributed by atoms with Crippen LogP contribution in [0.2, 0.25) is 0 Å². The summed E-state index contributed by atoms with van der Waals surface area (Å²) in [5, 5.41) is 3.17. The van der Waals surface area contributed by atoms with Crippen molar-refractivity contribution < 1.29 is 4.74 Å². The topological polar surface area (TPSA) is 21.3 Å². The van der Waals surface area contributed by atoms with Gasteiger partial charge < -0.3 is 10.1 Å². The van der Waals surface area contributed by atoms with Gasteiger partial charge in [-0.15, -0.1) is 6.58 Å². The Labute approximate surface area is 72.4 Å². The Morgan fingerprint density at radius 1 is 1.82 bits per heavy atom. The van der Waals surface area contributed by atoms with Gasteiger partial charge in [0.15, 0.2) is 0 Å². The lowest BCUT2D eigenvalue weighted by atomic mass is 10.2. The molecule has 0 aromatic heterocycles. The van der Waals surface area contributed by atoms with Crippen LogP contribution in [0.4, 0.5) is 0 Å². The van der Waals surface area contributed by atoms with Gasteiger partial charge in [-0.05, 0) is 7.05 Å². The van der Waals surface area contributed by atoms with Crippen molar-refractivity contribution >= 4 is 11.8 Å². The van der Waals surface area contributed by atoms with E-state index in [0.29, 0.717) is 12.1 Å². The highest BCUT2D eigenvalue weighted by molar-refractivity contribution is 7.99. The van der Waals surface area contributed by atoms with Crippen molar-refractivity contribution in [3.8, 4) is 0 Å². The van der Waals surface area contributed by atoms with Crippen LogP contribution in [-0.4, -0.2) is 37.3 Å². The normalized spacial score (nSPS) is 27.9. The van der Waals surface area contributed by atoms with Gasteiger partial charge >= 0.3 is 0 Å². The third kappa shape index (κ3) is 2.51. The van der Waals surface area contributed by atoms with Gasteiger partial charge in [-0.3, -0.25) is 0 Å². The van der Waals surface area contributed by atoms with E-state index in [-0.39, 0.29) is 0 Å². The summed E-state index contributed by atoms with van der Waals surface area (Å²) < 4.78 is 5.57. The minimum absolute atomic E-state index is 0.308. The first-order valence-corrected chi connectivity index (χ1v) is 5.03. The Hall–Kier alpha value is 0.01000. The monoisotopic (exact) mass is 173 g/mol. The first-order valence-electron chi connectivity index (χ1n) is 3.87. The third-order valence-corrected chi connectivity index (χ3v) is 2.85. The molecule has 64 valence electrons. The minimum atomic E-state index is 0.308. The number of hydrogen-bond donors (Lipinski definition) is 1. The van der Waals surface area contributed by atoms with Crippen molar-refractivity contribution in [1.29, 1.82) is 0 Å². The average molecular weight is 173 g/mol. The standard InChI is InChI=1S/C8H15NOS/c1-3-7(9-2)8-6-11-5-4-10-8/h3,7-9H,1,4-6H2,2H3. The zero-order valence-corrected chi connectivity index (χ0v) is 7.69. The largest absolute Gasteiger partial charge is 0.375 e. The van der Waals surface area contributed by atoms with E-state index < -0.39 is 0 Å². The van der Waals surface area contributed by atoms with Crippen LogP contribution in [0.5, 0.6) is 0 Å². The lowest BCUT2D eigenvalue weighted by Gasteiger charge is -2.27. The Morgan fingerprint density at radius 3 is 3.09 bits per heavy atom. The molecule has 1 aliphatic rings. The van der Waals surface area contributed by atoms with E-state index in [4.69, 9.17) is 4.74 Å². The molecule has 0 radical (unpaired) electrons. The number of ether oxygens (including phenoxy) is 1. The highest BCUT2D eigenvalue weighted by atomic mass is 32.2. The molecule has 1 rings (SSSR count). The molecular weight excluding hydrogens is 158 g/mol. The van der Waals surface area contributed by atoms with Crippen molar-refractivity contribution in [2.75, 3.05) is 25.2 Å². The van der Waals surface area contributed by atoms with Crippen molar-refractivity contribution in [2.24, 2.45) is 0 Å². The van der Waals surface area contributed by atoms with Gasteiger partial charge in [0, 0.05) is 11.5 Å². The summed E-state index contributed by atoms with van der Waals surface area (Å²) in [5.41, 5.74) is 0. The Balaban J connectivity index is 2.35. The molecule has 0 aromatic rings. The molecule has 2 unspecified atom stereocenters. The molecule has 0 aromatic carbocycles. The zero-order chi connectivity index (χ0) is 8.10. The van der Waals surface area contributed by atoms with Gasteiger partial charge in [0.1, 0.15) is 0 Å². The maximum atomic E-state index is 5.57. The van der Waals surface area contributed by atoms with Gasteiger partial charge in [0.05, 0.1) is 18.8 Å². The highest BCUT2D eigenvalue weighted by Gasteiger charge is 2.20. The molecule has 1 N–H and O–H groups in total. The molecule has 3 heteroatoms. The summed E-state index contributed by atoms with van der Waals surface area (Å²) in [5.74, 6) is 2.21. The fourth-order valence-electron chi connectivity index (χ4n) is 1.17. The van der Waals surface area contributed by atoms with Crippen LogP contribution in [0, 0.1) is 0 Å². The number of likely N-dealkylation sites (N-methyl/N-ethyl adjacent to an activating group) is 1. The van der Waals surface area contributed by atoms with E-state index in [1.807, 2.05) is 24.9 Å². The van der Waals surface area contributed by atoms with Crippen molar-refractivity contribution in [1.82, 2.24) is 5.32 Å². The van der Waals surface area contributed by atoms with Crippen LogP contribution >= 0.6 is 11.8 Å². The second-order valence-corrected chi connectivity index (χ2v) is 3.68. The summed E-state index contributed by atoms with van der Waals surface area (Å²) in [6.07, 6.45) is 2.23. The summed E-state index contributed by atoms with van der Waals surface area (Å²) in [7, 11) is 1.94. The van der Waals surface area contributed by atoms with Crippen LogP contribution in [-0.2, 0) is 4.74 Å². The van der Waals surface area contributed by atoms with E-state index in [9.17, 15) is 0 Å². The molecule has 0 amide bonds. The maximum Gasteiger partial charge on any atom is 0.0854 e. The molecule has 1 fully saturated rings. The second-order valence-electron chi connectivity index (χ2n) is 2.53. The van der Waals surface area contributed by atoms with E-state index in [1.165, 1.54) is 0 Å². The molecule has 1 aliphatic heterocycles. The van der Waals surface area contributed by atoms with Gasteiger partial charge in [-0.1, -0.05) is 6.08 Å². The average Bonchev–Trinajstić information content (AvgIpc) is 2.09. The quantitative estimate of drug-likeness (QED) is 0.641. The summed E-state index contributed by atoms with van der Waals surface area (Å²) in [6.45, 7) is 4.63. The van der Waals surface area contributed by atoms with Crippen LogP contribution in [0.25, 0.3) is 0 Å². The first kappa shape index (κ1) is 9.10. The molecule has 1 heterocycles. The Morgan fingerprint density at radius 2 is 2.64 bits per heavy atom. The number of rotatable bonds is 3. The fourth-order valence-corrected chi connectivity index (χ4v) is 2.09. The van der Waals surface area contributed by atoms with Crippen molar-refractivity contribution in [3.63, 3.8) is 0 Å². The zero-order valence-electron chi connectivity index (χ0n) is 6.88. The lowest BCUT2D eigenvalue weighted by molar-refractivity contribution is 0.0606. The van der Waals surface area contributed by atoms with Gasteiger partial charge in [-0.2, -0.15) is 11.8 Å². The molecule has 0 aliphatic carbocycles. The van der Waals surface area contributed by atoms with E-state index in [2.05, 4.69) is 11.9 Å². The van der Waals surface area contributed by atoms with Gasteiger partial charge in [0.2, 0.25) is 0 Å². The lowest BCUT2D eigenvalue weighted by Crippen LogP contribution is -2.41. The number of thioether (sulfide) groups is 1. The van der Waals surface area contributed by atoms with Gasteiger partial charge in [0.25, 0.3) is 0 Å². The molecule has 1 saturated heterocycles. The second kappa shape index (κ2) is 4.80. The van der Waals surface area contributed by atoms with Crippen LogP contribution < -0.4 is 5.32 Å². The first-order chi connectivity index (χ1) is 5.38. The maximum absolute atomic E-state index is 5.57. The smallest absolute Gasteiger partial charge is 0.0854 e. The molecule has 2 nitrogen and oxygen atoms in total. The molecule has 0 spiro atoms. The summed E-state index contributed by atoms with van der Waals surface area (Å²) in [4.78, 5) is 0. The molecule has 2 atom stereocenters. The minimum Gasteiger partial charge on any atom is -0.375 e. The predicted molar refractivity (Wildman–Crippen MR) is 50.1 cm³/mol. The predicted octanol–water partition coefficient (Wildman–Crippen LogP) is 0.892. The SMILES string of the molecule is C=CC(NC)C1CSCCO1. The van der Waals surface area contributed by atoms with E-state index in [1.54, 1.807) is 0 Å². The van der Waals surface area contributed by atoms with Gasteiger partial charge in [-0.25, -0.2) is 0 Å².